The number of methoxy groups -OCH3 is 2. The summed E-state index contributed by atoms with van der Waals surface area (Å²) in [5, 5.41) is 2.93. The van der Waals surface area contributed by atoms with Gasteiger partial charge in [-0.2, -0.15) is 0 Å². The van der Waals surface area contributed by atoms with Gasteiger partial charge in [0.15, 0.2) is 11.5 Å². The Kier molecular flexibility index (Phi) is 3.75. The van der Waals surface area contributed by atoms with Crippen molar-refractivity contribution in [1.29, 1.82) is 0 Å². The maximum atomic E-state index is 13.6. The number of anilines is 3. The van der Waals surface area contributed by atoms with Crippen LogP contribution in [0.25, 0.3) is 0 Å². The number of nitrogens with two attached hydrogens (primary N) is 1. The quantitative estimate of drug-likeness (QED) is 0.831. The van der Waals surface area contributed by atoms with Crippen molar-refractivity contribution in [3.05, 3.63) is 42.2 Å². The van der Waals surface area contributed by atoms with E-state index in [1.807, 2.05) is 0 Å². The van der Waals surface area contributed by atoms with Gasteiger partial charge in [-0.05, 0) is 12.1 Å². The molecule has 19 heavy (non-hydrogen) atoms. The molecule has 5 heteroatoms. The van der Waals surface area contributed by atoms with Crippen LogP contribution in [-0.4, -0.2) is 14.2 Å². The van der Waals surface area contributed by atoms with Crippen molar-refractivity contribution in [2.75, 3.05) is 25.3 Å². The lowest BCUT2D eigenvalue weighted by Crippen LogP contribution is -2.00. The first-order valence-electron chi connectivity index (χ1n) is 5.68. The second-order valence-electron chi connectivity index (χ2n) is 3.90. The summed E-state index contributed by atoms with van der Waals surface area (Å²) >= 11 is 0. The number of benzene rings is 2. The number of ether oxygens (including phenoxy) is 2. The predicted molar refractivity (Wildman–Crippen MR) is 73.6 cm³/mol. The number of hydrogen-bond acceptors (Lipinski definition) is 4. The molecule has 0 radical (unpaired) electrons. The van der Waals surface area contributed by atoms with E-state index in [2.05, 4.69) is 5.32 Å². The summed E-state index contributed by atoms with van der Waals surface area (Å²) in [5.74, 6) is 0.700. The van der Waals surface area contributed by atoms with Gasteiger partial charge < -0.3 is 20.5 Å². The fraction of sp³-hybridized carbons (Fsp3) is 0.143. The maximum Gasteiger partial charge on any atom is 0.162 e. The average Bonchev–Trinajstić information content (AvgIpc) is 2.42. The SMILES string of the molecule is COc1cc(N)c(Nc2ccccc2F)cc1OC. The van der Waals surface area contributed by atoms with Gasteiger partial charge in [0.25, 0.3) is 0 Å². The molecule has 0 spiro atoms. The van der Waals surface area contributed by atoms with Gasteiger partial charge in [-0.3, -0.25) is 0 Å². The van der Waals surface area contributed by atoms with Crippen molar-refractivity contribution >= 4 is 17.1 Å². The first-order chi connectivity index (χ1) is 9.15. The minimum absolute atomic E-state index is 0.349. The first-order valence-corrected chi connectivity index (χ1v) is 5.68. The van der Waals surface area contributed by atoms with Crippen molar-refractivity contribution in [3.8, 4) is 11.5 Å². The van der Waals surface area contributed by atoms with E-state index in [0.29, 0.717) is 28.6 Å². The second-order valence-corrected chi connectivity index (χ2v) is 3.90. The van der Waals surface area contributed by atoms with Crippen LogP contribution in [0.1, 0.15) is 0 Å². The molecular formula is C14H15FN2O2. The minimum atomic E-state index is -0.350. The molecule has 0 saturated carbocycles. The highest BCUT2D eigenvalue weighted by Crippen LogP contribution is 2.36. The first kappa shape index (κ1) is 13.0. The monoisotopic (exact) mass is 262 g/mol. The van der Waals surface area contributed by atoms with Crippen LogP contribution in [0.15, 0.2) is 36.4 Å². The molecule has 0 heterocycles. The van der Waals surface area contributed by atoms with Crippen LogP contribution in [0.2, 0.25) is 0 Å². The minimum Gasteiger partial charge on any atom is -0.493 e. The number of para-hydroxylation sites is 1. The Morgan fingerprint density at radius 3 is 2.26 bits per heavy atom. The Morgan fingerprint density at radius 1 is 1.00 bits per heavy atom. The molecule has 0 fully saturated rings. The van der Waals surface area contributed by atoms with E-state index < -0.39 is 0 Å². The Morgan fingerprint density at radius 2 is 1.63 bits per heavy atom. The van der Waals surface area contributed by atoms with Gasteiger partial charge >= 0.3 is 0 Å². The molecule has 0 unspecified atom stereocenters. The Labute approximate surface area is 111 Å². The molecule has 2 rings (SSSR count). The van der Waals surface area contributed by atoms with Gasteiger partial charge in [0.2, 0.25) is 0 Å². The third-order valence-electron chi connectivity index (χ3n) is 2.70. The number of hydrogen-bond donors (Lipinski definition) is 2. The van der Waals surface area contributed by atoms with Crippen molar-refractivity contribution < 1.29 is 13.9 Å². The van der Waals surface area contributed by atoms with Gasteiger partial charge in [-0.1, -0.05) is 12.1 Å². The van der Waals surface area contributed by atoms with Crippen LogP contribution in [-0.2, 0) is 0 Å². The van der Waals surface area contributed by atoms with E-state index in [-0.39, 0.29) is 5.82 Å². The molecular weight excluding hydrogens is 247 g/mol. The smallest absolute Gasteiger partial charge is 0.162 e. The van der Waals surface area contributed by atoms with Gasteiger partial charge in [0, 0.05) is 12.1 Å². The average molecular weight is 262 g/mol. The fourth-order valence-corrected chi connectivity index (χ4v) is 1.71. The molecule has 0 aliphatic carbocycles. The molecule has 100 valence electrons. The van der Waals surface area contributed by atoms with Gasteiger partial charge in [-0.25, -0.2) is 4.39 Å². The molecule has 4 nitrogen and oxygen atoms in total. The largest absolute Gasteiger partial charge is 0.493 e. The highest BCUT2D eigenvalue weighted by molar-refractivity contribution is 5.76. The Hall–Kier alpha value is -2.43. The summed E-state index contributed by atoms with van der Waals surface area (Å²) in [5.41, 5.74) is 7.25. The lowest BCUT2D eigenvalue weighted by atomic mass is 10.2. The number of halogens is 1. The van der Waals surface area contributed by atoms with Crippen molar-refractivity contribution in [2.24, 2.45) is 0 Å². The summed E-state index contributed by atoms with van der Waals surface area (Å²) in [6, 6.07) is 9.66. The van der Waals surface area contributed by atoms with Gasteiger partial charge in [-0.15, -0.1) is 0 Å². The van der Waals surface area contributed by atoms with E-state index in [1.165, 1.54) is 20.3 Å². The zero-order valence-corrected chi connectivity index (χ0v) is 10.7. The van der Waals surface area contributed by atoms with Crippen molar-refractivity contribution in [1.82, 2.24) is 0 Å². The van der Waals surface area contributed by atoms with Crippen LogP contribution in [0.5, 0.6) is 11.5 Å². The van der Waals surface area contributed by atoms with E-state index in [0.717, 1.165) is 0 Å². The second kappa shape index (κ2) is 5.48. The number of rotatable bonds is 4. The number of nitrogens with one attached hydrogen (secondary N) is 1. The van der Waals surface area contributed by atoms with E-state index >= 15 is 0 Å². The number of nitrogen functional groups attached to an aromatic ring is 1. The zero-order chi connectivity index (χ0) is 13.8. The zero-order valence-electron chi connectivity index (χ0n) is 10.7. The molecule has 0 atom stereocenters. The lowest BCUT2D eigenvalue weighted by molar-refractivity contribution is 0.355. The van der Waals surface area contributed by atoms with Crippen molar-refractivity contribution in [3.63, 3.8) is 0 Å². The van der Waals surface area contributed by atoms with E-state index in [1.54, 1.807) is 30.3 Å². The fourth-order valence-electron chi connectivity index (χ4n) is 1.71. The summed E-state index contributed by atoms with van der Waals surface area (Å²) in [7, 11) is 3.06. The van der Waals surface area contributed by atoms with Crippen LogP contribution in [0.3, 0.4) is 0 Å². The Balaban J connectivity index is 2.38. The molecule has 2 aromatic carbocycles. The van der Waals surface area contributed by atoms with Gasteiger partial charge in [0.05, 0.1) is 31.3 Å². The third kappa shape index (κ3) is 2.70. The molecule has 0 saturated heterocycles. The summed E-state index contributed by atoms with van der Waals surface area (Å²) < 4.78 is 23.9. The van der Waals surface area contributed by atoms with Crippen LogP contribution in [0, 0.1) is 5.82 Å². The van der Waals surface area contributed by atoms with E-state index in [9.17, 15) is 4.39 Å². The summed E-state index contributed by atoms with van der Waals surface area (Å²) in [4.78, 5) is 0. The predicted octanol–water partition coefficient (Wildman–Crippen LogP) is 3.17. The lowest BCUT2D eigenvalue weighted by Gasteiger charge is -2.14. The maximum absolute atomic E-state index is 13.6. The highest BCUT2D eigenvalue weighted by Gasteiger charge is 2.10. The highest BCUT2D eigenvalue weighted by atomic mass is 19.1. The van der Waals surface area contributed by atoms with Crippen molar-refractivity contribution in [2.45, 2.75) is 0 Å². The molecule has 0 bridgehead atoms. The van der Waals surface area contributed by atoms with Gasteiger partial charge in [0.1, 0.15) is 5.82 Å². The molecule has 0 aromatic heterocycles. The Bertz CT molecular complexity index is 588. The summed E-state index contributed by atoms with van der Waals surface area (Å²) in [6.07, 6.45) is 0. The van der Waals surface area contributed by atoms with Crippen LogP contribution in [0.4, 0.5) is 21.5 Å². The van der Waals surface area contributed by atoms with Crippen LogP contribution < -0.4 is 20.5 Å². The molecule has 0 aliphatic rings. The molecule has 3 N–H and O–H groups in total. The molecule has 0 aliphatic heterocycles. The van der Waals surface area contributed by atoms with Crippen LogP contribution >= 0.6 is 0 Å². The summed E-state index contributed by atoms with van der Waals surface area (Å²) in [6.45, 7) is 0. The topological polar surface area (TPSA) is 56.5 Å². The molecule has 2 aromatic rings. The molecule has 0 amide bonds. The normalized spacial score (nSPS) is 10.1. The van der Waals surface area contributed by atoms with E-state index in [4.69, 9.17) is 15.2 Å². The third-order valence-corrected chi connectivity index (χ3v) is 2.70. The standard InChI is InChI=1S/C14H15FN2O2/c1-18-13-7-10(16)12(8-14(13)19-2)17-11-6-4-3-5-9(11)15/h3-8,17H,16H2,1-2H3.